The molecule has 0 radical (unpaired) electrons. The maximum absolute atomic E-state index is 14.0. The third-order valence-corrected chi connectivity index (χ3v) is 6.67. The highest BCUT2D eigenvalue weighted by atomic mass is 19.2. The normalized spacial score (nSPS) is 19.7. The third-order valence-electron chi connectivity index (χ3n) is 6.67. The number of halogens is 3. The van der Waals surface area contributed by atoms with Crippen LogP contribution >= 0.6 is 0 Å². The van der Waals surface area contributed by atoms with E-state index in [0.29, 0.717) is 17.8 Å². The van der Waals surface area contributed by atoms with Crippen LogP contribution in [-0.2, 0) is 13.5 Å². The summed E-state index contributed by atoms with van der Waals surface area (Å²) in [7, 11) is 1.70. The van der Waals surface area contributed by atoms with Gasteiger partial charge in [-0.2, -0.15) is 5.10 Å². The summed E-state index contributed by atoms with van der Waals surface area (Å²) in [5.74, 6) is -3.96. The molecule has 2 aliphatic heterocycles. The summed E-state index contributed by atoms with van der Waals surface area (Å²) in [6.45, 7) is 4.02. The Morgan fingerprint density at radius 1 is 1.09 bits per heavy atom. The van der Waals surface area contributed by atoms with Crippen LogP contribution in [0.15, 0.2) is 24.5 Å². The third kappa shape index (κ3) is 3.50. The number of nitrogens with zero attached hydrogens (tertiary/aromatic N) is 5. The first-order valence-electron chi connectivity index (χ1n) is 11.1. The minimum absolute atomic E-state index is 0.0840. The first kappa shape index (κ1) is 21.6. The van der Waals surface area contributed by atoms with Gasteiger partial charge in [0.2, 0.25) is 0 Å². The predicted molar refractivity (Wildman–Crippen MR) is 115 cm³/mol. The van der Waals surface area contributed by atoms with E-state index in [9.17, 15) is 18.0 Å². The van der Waals surface area contributed by atoms with Crippen molar-refractivity contribution in [2.24, 2.45) is 7.05 Å². The van der Waals surface area contributed by atoms with Gasteiger partial charge in [-0.3, -0.25) is 9.48 Å². The Morgan fingerprint density at radius 2 is 1.82 bits per heavy atom. The van der Waals surface area contributed by atoms with E-state index >= 15 is 0 Å². The molecule has 4 heterocycles. The zero-order valence-corrected chi connectivity index (χ0v) is 18.6. The van der Waals surface area contributed by atoms with E-state index in [0.717, 1.165) is 48.3 Å². The van der Waals surface area contributed by atoms with Crippen LogP contribution in [0.5, 0.6) is 0 Å². The average Bonchev–Trinajstić information content (AvgIpc) is 3.12. The van der Waals surface area contributed by atoms with Gasteiger partial charge < -0.3 is 4.90 Å². The number of piperidine rings is 1. The molecular weight excluding hydrogens is 431 g/mol. The number of carbonyl (C=O) groups excluding carboxylic acids is 1. The Balaban J connectivity index is 1.57. The summed E-state index contributed by atoms with van der Waals surface area (Å²) in [6, 6.07) is 3.40. The summed E-state index contributed by atoms with van der Waals surface area (Å²) in [5.41, 5.74) is 3.52. The van der Waals surface area contributed by atoms with Gasteiger partial charge >= 0.3 is 0 Å². The Bertz CT molecular complexity index is 1230. The Hall–Kier alpha value is -3.23. The zero-order valence-electron chi connectivity index (χ0n) is 18.6. The molecule has 0 aliphatic carbocycles. The standard InChI is InChI=1S/C24H24F3N5O/c1-12(2)18-10-19(29-11-28-18)24(33)32-14-5-4-6-20(32)22-15(9-14)23(31(3)30-22)13-7-16(25)21(27)17(26)8-13/h7-8,10-12,14,20H,4-6,9H2,1-3H3. The number of rotatable bonds is 3. The van der Waals surface area contributed by atoms with Crippen LogP contribution in [0.25, 0.3) is 11.3 Å². The molecular formula is C24H24F3N5O. The molecule has 1 aromatic carbocycles. The molecule has 9 heteroatoms. The highest BCUT2D eigenvalue weighted by molar-refractivity contribution is 5.93. The fourth-order valence-electron chi connectivity index (χ4n) is 5.14. The fraction of sp³-hybridized carbons (Fsp3) is 0.417. The van der Waals surface area contributed by atoms with Crippen molar-refractivity contribution in [1.29, 1.82) is 0 Å². The fourth-order valence-corrected chi connectivity index (χ4v) is 5.14. The van der Waals surface area contributed by atoms with Crippen molar-refractivity contribution >= 4 is 5.91 Å². The molecule has 33 heavy (non-hydrogen) atoms. The highest BCUT2D eigenvalue weighted by Crippen LogP contribution is 2.45. The monoisotopic (exact) mass is 455 g/mol. The van der Waals surface area contributed by atoms with Gasteiger partial charge in [-0.05, 0) is 49.8 Å². The Morgan fingerprint density at radius 3 is 2.52 bits per heavy atom. The summed E-state index contributed by atoms with van der Waals surface area (Å²) in [5, 5.41) is 4.65. The van der Waals surface area contributed by atoms with E-state index in [1.807, 2.05) is 18.7 Å². The van der Waals surface area contributed by atoms with Crippen LogP contribution in [0.3, 0.4) is 0 Å². The lowest BCUT2D eigenvalue weighted by atomic mass is 9.81. The number of aromatic nitrogens is 4. The van der Waals surface area contributed by atoms with Crippen molar-refractivity contribution in [1.82, 2.24) is 24.6 Å². The van der Waals surface area contributed by atoms with Crippen molar-refractivity contribution in [3.05, 3.63) is 64.6 Å². The predicted octanol–water partition coefficient (Wildman–Crippen LogP) is 4.71. The maximum atomic E-state index is 14.0. The number of benzene rings is 1. The number of carbonyl (C=O) groups is 1. The van der Waals surface area contributed by atoms with Crippen LogP contribution in [-0.4, -0.2) is 36.6 Å². The highest BCUT2D eigenvalue weighted by Gasteiger charge is 2.44. The second kappa shape index (κ2) is 7.97. The smallest absolute Gasteiger partial charge is 0.273 e. The first-order valence-corrected chi connectivity index (χ1v) is 11.1. The lowest BCUT2D eigenvalue weighted by molar-refractivity contribution is 0.0385. The average molecular weight is 455 g/mol. The van der Waals surface area contributed by atoms with Gasteiger partial charge in [0.1, 0.15) is 12.0 Å². The largest absolute Gasteiger partial charge is 0.325 e. The molecule has 5 rings (SSSR count). The van der Waals surface area contributed by atoms with Crippen molar-refractivity contribution in [2.75, 3.05) is 0 Å². The first-order chi connectivity index (χ1) is 15.8. The van der Waals surface area contributed by atoms with Gasteiger partial charge in [-0.1, -0.05) is 13.8 Å². The molecule has 2 aliphatic rings. The quantitative estimate of drug-likeness (QED) is 0.537. The number of aryl methyl sites for hydroxylation is 1. The molecule has 1 saturated heterocycles. The van der Waals surface area contributed by atoms with E-state index in [1.54, 1.807) is 17.8 Å². The van der Waals surface area contributed by atoms with Crippen LogP contribution in [0.2, 0.25) is 0 Å². The van der Waals surface area contributed by atoms with Crippen molar-refractivity contribution < 1.29 is 18.0 Å². The minimum atomic E-state index is -1.49. The molecule has 2 aromatic heterocycles. The van der Waals surface area contributed by atoms with Crippen LogP contribution < -0.4 is 0 Å². The van der Waals surface area contributed by atoms with Gasteiger partial charge in [-0.25, -0.2) is 23.1 Å². The number of hydrogen-bond donors (Lipinski definition) is 0. The summed E-state index contributed by atoms with van der Waals surface area (Å²) >= 11 is 0. The topological polar surface area (TPSA) is 63.9 Å². The molecule has 0 saturated carbocycles. The lowest BCUT2D eigenvalue weighted by Crippen LogP contribution is -2.50. The van der Waals surface area contributed by atoms with Gasteiger partial charge in [0.15, 0.2) is 17.5 Å². The Labute approximate surface area is 189 Å². The van der Waals surface area contributed by atoms with E-state index in [-0.39, 0.29) is 29.5 Å². The second-order valence-electron chi connectivity index (χ2n) is 9.09. The summed E-state index contributed by atoms with van der Waals surface area (Å²) < 4.78 is 43.0. The SMILES string of the molecule is CC(C)c1cc(C(=O)N2C3CCCC2c2nn(C)c(-c4cc(F)c(F)c(F)c4)c2C3)ncn1. The second-order valence-corrected chi connectivity index (χ2v) is 9.09. The molecule has 2 atom stereocenters. The van der Waals surface area contributed by atoms with Gasteiger partial charge in [0, 0.05) is 29.9 Å². The van der Waals surface area contributed by atoms with Gasteiger partial charge in [0.25, 0.3) is 5.91 Å². The van der Waals surface area contributed by atoms with E-state index in [4.69, 9.17) is 0 Å². The summed E-state index contributed by atoms with van der Waals surface area (Å²) in [6.07, 6.45) is 4.42. The van der Waals surface area contributed by atoms with Crippen LogP contribution in [0.4, 0.5) is 13.2 Å². The zero-order chi connectivity index (χ0) is 23.4. The molecule has 6 nitrogen and oxygen atoms in total. The number of hydrogen-bond acceptors (Lipinski definition) is 4. The molecule has 0 N–H and O–H groups in total. The Kier molecular flexibility index (Phi) is 5.22. The minimum Gasteiger partial charge on any atom is -0.325 e. The molecule has 172 valence electrons. The maximum Gasteiger partial charge on any atom is 0.273 e. The number of fused-ring (bicyclic) bond motifs is 4. The molecule has 1 fully saturated rings. The molecule has 2 bridgehead atoms. The van der Waals surface area contributed by atoms with Crippen molar-refractivity contribution in [3.63, 3.8) is 0 Å². The molecule has 1 amide bonds. The molecule has 0 spiro atoms. The van der Waals surface area contributed by atoms with Gasteiger partial charge in [-0.15, -0.1) is 0 Å². The lowest BCUT2D eigenvalue weighted by Gasteiger charge is -2.45. The van der Waals surface area contributed by atoms with Crippen molar-refractivity contribution in [2.45, 2.75) is 57.5 Å². The van der Waals surface area contributed by atoms with E-state index in [2.05, 4.69) is 15.1 Å². The van der Waals surface area contributed by atoms with Crippen LogP contribution in [0, 0.1) is 17.5 Å². The molecule has 3 aromatic rings. The van der Waals surface area contributed by atoms with Gasteiger partial charge in [0.05, 0.1) is 17.4 Å². The molecule has 2 unspecified atom stereocenters. The van der Waals surface area contributed by atoms with Crippen LogP contribution in [0.1, 0.15) is 72.5 Å². The van der Waals surface area contributed by atoms with Crippen molar-refractivity contribution in [3.8, 4) is 11.3 Å². The number of amides is 1. The van der Waals surface area contributed by atoms with E-state index in [1.165, 1.54) is 6.33 Å². The summed E-state index contributed by atoms with van der Waals surface area (Å²) in [4.78, 5) is 23.9. The van der Waals surface area contributed by atoms with E-state index < -0.39 is 17.5 Å².